The number of benzene rings is 2. The van der Waals surface area contributed by atoms with Crippen molar-refractivity contribution in [1.29, 1.82) is 0 Å². The van der Waals surface area contributed by atoms with Gasteiger partial charge in [0.05, 0.1) is 0 Å². The Morgan fingerprint density at radius 2 is 1.70 bits per heavy atom. The predicted octanol–water partition coefficient (Wildman–Crippen LogP) is 4.06. The molecule has 1 N–H and O–H groups in total. The van der Waals surface area contributed by atoms with E-state index < -0.39 is 6.04 Å². The molecule has 0 aromatic heterocycles. The van der Waals surface area contributed by atoms with Crippen molar-refractivity contribution in [2.45, 2.75) is 59.5 Å². The second-order valence-corrected chi connectivity index (χ2v) is 8.72. The van der Waals surface area contributed by atoms with E-state index in [1.54, 1.807) is 11.8 Å². The summed E-state index contributed by atoms with van der Waals surface area (Å²) >= 11 is 0. The van der Waals surface area contributed by atoms with Gasteiger partial charge < -0.3 is 15.0 Å². The molecule has 5 heteroatoms. The molecule has 0 spiro atoms. The zero-order chi connectivity index (χ0) is 22.3. The number of carbonyl (C=O) groups is 2. The maximum absolute atomic E-state index is 13.1. The van der Waals surface area contributed by atoms with Crippen LogP contribution in [0, 0.1) is 13.8 Å². The van der Waals surface area contributed by atoms with E-state index in [2.05, 4.69) is 5.32 Å². The normalized spacial score (nSPS) is 12.2. The molecule has 162 valence electrons. The Balaban J connectivity index is 2.12. The monoisotopic (exact) mass is 410 g/mol. The third-order valence-corrected chi connectivity index (χ3v) is 5.06. The van der Waals surface area contributed by atoms with Gasteiger partial charge in [-0.1, -0.05) is 42.5 Å². The second kappa shape index (κ2) is 10.3. The maximum Gasteiger partial charge on any atom is 0.261 e. The highest BCUT2D eigenvalue weighted by Gasteiger charge is 2.28. The first kappa shape index (κ1) is 23.5. The van der Waals surface area contributed by atoms with Crippen molar-refractivity contribution >= 4 is 11.8 Å². The van der Waals surface area contributed by atoms with Crippen LogP contribution in [0.25, 0.3) is 0 Å². The number of amides is 2. The van der Waals surface area contributed by atoms with Crippen LogP contribution in [0.4, 0.5) is 0 Å². The number of rotatable bonds is 8. The van der Waals surface area contributed by atoms with Gasteiger partial charge in [-0.05, 0) is 70.7 Å². The summed E-state index contributed by atoms with van der Waals surface area (Å²) in [5.74, 6) is 0.317. The summed E-state index contributed by atoms with van der Waals surface area (Å²) in [5.41, 5.74) is 2.88. The van der Waals surface area contributed by atoms with E-state index in [4.69, 9.17) is 4.74 Å². The number of nitrogens with zero attached hydrogens (tertiary/aromatic N) is 1. The topological polar surface area (TPSA) is 58.6 Å². The third-order valence-electron chi connectivity index (χ3n) is 5.06. The SMILES string of the molecule is Cc1cccc(OCC(=O)N(CCc2ccccc2)[C@H](C)C(=O)NC(C)(C)C)c1C. The highest BCUT2D eigenvalue weighted by Crippen LogP contribution is 2.20. The van der Waals surface area contributed by atoms with Crippen LogP contribution < -0.4 is 10.1 Å². The summed E-state index contributed by atoms with van der Waals surface area (Å²) < 4.78 is 5.82. The Morgan fingerprint density at radius 3 is 2.33 bits per heavy atom. The van der Waals surface area contributed by atoms with Crippen LogP contribution in [-0.2, 0) is 16.0 Å². The summed E-state index contributed by atoms with van der Waals surface area (Å²) in [6, 6.07) is 15.1. The second-order valence-electron chi connectivity index (χ2n) is 8.72. The van der Waals surface area contributed by atoms with Crippen molar-refractivity contribution in [1.82, 2.24) is 10.2 Å². The van der Waals surface area contributed by atoms with Crippen molar-refractivity contribution in [2.24, 2.45) is 0 Å². The molecule has 0 heterocycles. The van der Waals surface area contributed by atoms with E-state index in [1.807, 2.05) is 83.1 Å². The molecule has 0 fully saturated rings. The quantitative estimate of drug-likeness (QED) is 0.714. The summed E-state index contributed by atoms with van der Waals surface area (Å²) in [6.45, 7) is 11.9. The Kier molecular flexibility index (Phi) is 8.04. The molecule has 0 aliphatic heterocycles. The van der Waals surface area contributed by atoms with Gasteiger partial charge in [-0.25, -0.2) is 0 Å². The maximum atomic E-state index is 13.1. The lowest BCUT2D eigenvalue weighted by molar-refractivity contribution is -0.142. The first-order valence-corrected chi connectivity index (χ1v) is 10.4. The Morgan fingerprint density at radius 1 is 1.03 bits per heavy atom. The van der Waals surface area contributed by atoms with Crippen LogP contribution in [0.15, 0.2) is 48.5 Å². The highest BCUT2D eigenvalue weighted by molar-refractivity contribution is 5.88. The van der Waals surface area contributed by atoms with Gasteiger partial charge in [-0.3, -0.25) is 9.59 Å². The van der Waals surface area contributed by atoms with Gasteiger partial charge in [0.15, 0.2) is 6.61 Å². The fourth-order valence-electron chi connectivity index (χ4n) is 3.15. The molecule has 2 rings (SSSR count). The highest BCUT2D eigenvalue weighted by atomic mass is 16.5. The van der Waals surface area contributed by atoms with Gasteiger partial charge in [-0.2, -0.15) is 0 Å². The summed E-state index contributed by atoms with van der Waals surface area (Å²) in [7, 11) is 0. The van der Waals surface area contributed by atoms with Crippen LogP contribution >= 0.6 is 0 Å². The largest absolute Gasteiger partial charge is 0.483 e. The summed E-state index contributed by atoms with van der Waals surface area (Å²) in [5, 5.41) is 2.97. The zero-order valence-electron chi connectivity index (χ0n) is 19.0. The van der Waals surface area contributed by atoms with Gasteiger partial charge >= 0.3 is 0 Å². The standard InChI is InChI=1S/C25H34N2O3/c1-18-11-10-14-22(19(18)2)30-17-23(28)27(16-15-21-12-8-7-9-13-21)20(3)24(29)26-25(4,5)6/h7-14,20H,15-17H2,1-6H3,(H,26,29)/t20-/m1/s1. The van der Waals surface area contributed by atoms with Crippen molar-refractivity contribution in [3.63, 3.8) is 0 Å². The molecule has 0 saturated heterocycles. The third kappa shape index (κ3) is 6.90. The van der Waals surface area contributed by atoms with Gasteiger partial charge in [-0.15, -0.1) is 0 Å². The Hall–Kier alpha value is -2.82. The molecule has 0 radical (unpaired) electrons. The minimum absolute atomic E-state index is 0.105. The molecule has 30 heavy (non-hydrogen) atoms. The van der Waals surface area contributed by atoms with Crippen molar-refractivity contribution in [3.05, 3.63) is 65.2 Å². The smallest absolute Gasteiger partial charge is 0.261 e. The molecule has 2 aromatic rings. The molecule has 1 atom stereocenters. The summed E-state index contributed by atoms with van der Waals surface area (Å²) in [6.07, 6.45) is 0.670. The van der Waals surface area contributed by atoms with Gasteiger partial charge in [0.25, 0.3) is 5.91 Å². The fourth-order valence-corrected chi connectivity index (χ4v) is 3.15. The average Bonchev–Trinajstić information content (AvgIpc) is 2.68. The van der Waals surface area contributed by atoms with Gasteiger partial charge in [0, 0.05) is 12.1 Å². The van der Waals surface area contributed by atoms with Gasteiger partial charge in [0.2, 0.25) is 5.91 Å². The van der Waals surface area contributed by atoms with Crippen molar-refractivity contribution in [2.75, 3.05) is 13.2 Å². The van der Waals surface area contributed by atoms with Crippen LogP contribution in [-0.4, -0.2) is 41.4 Å². The van der Waals surface area contributed by atoms with E-state index in [0.29, 0.717) is 18.7 Å². The molecule has 2 aromatic carbocycles. The van der Waals surface area contributed by atoms with Crippen LogP contribution in [0.2, 0.25) is 0 Å². The lowest BCUT2D eigenvalue weighted by atomic mass is 10.1. The Labute approximate surface area is 180 Å². The number of hydrogen-bond donors (Lipinski definition) is 1. The number of nitrogens with one attached hydrogen (secondary N) is 1. The number of carbonyl (C=O) groups excluding carboxylic acids is 2. The molecule has 0 bridgehead atoms. The first-order chi connectivity index (χ1) is 14.1. The Bertz CT molecular complexity index is 856. The molecular formula is C25H34N2O3. The number of hydrogen-bond acceptors (Lipinski definition) is 3. The van der Waals surface area contributed by atoms with E-state index in [1.165, 1.54) is 0 Å². The lowest BCUT2D eigenvalue weighted by Crippen LogP contribution is -2.53. The van der Waals surface area contributed by atoms with E-state index >= 15 is 0 Å². The molecular weight excluding hydrogens is 376 g/mol. The fraction of sp³-hybridized carbons (Fsp3) is 0.440. The number of aryl methyl sites for hydroxylation is 1. The first-order valence-electron chi connectivity index (χ1n) is 10.4. The average molecular weight is 411 g/mol. The van der Waals surface area contributed by atoms with Crippen molar-refractivity contribution in [3.8, 4) is 5.75 Å². The molecule has 0 aliphatic rings. The predicted molar refractivity (Wildman–Crippen MR) is 121 cm³/mol. The molecule has 5 nitrogen and oxygen atoms in total. The van der Waals surface area contributed by atoms with E-state index in [-0.39, 0.29) is 24.0 Å². The minimum Gasteiger partial charge on any atom is -0.483 e. The van der Waals surface area contributed by atoms with E-state index in [0.717, 1.165) is 16.7 Å². The minimum atomic E-state index is -0.595. The van der Waals surface area contributed by atoms with Crippen LogP contribution in [0.1, 0.15) is 44.4 Å². The zero-order valence-corrected chi connectivity index (χ0v) is 19.0. The summed E-state index contributed by atoms with van der Waals surface area (Å²) in [4.78, 5) is 27.4. The van der Waals surface area contributed by atoms with Crippen molar-refractivity contribution < 1.29 is 14.3 Å². The molecule has 0 unspecified atom stereocenters. The lowest BCUT2D eigenvalue weighted by Gasteiger charge is -2.31. The number of ether oxygens (including phenoxy) is 1. The van der Waals surface area contributed by atoms with Crippen LogP contribution in [0.3, 0.4) is 0 Å². The van der Waals surface area contributed by atoms with Crippen LogP contribution in [0.5, 0.6) is 5.75 Å². The van der Waals surface area contributed by atoms with E-state index in [9.17, 15) is 9.59 Å². The molecule has 0 aliphatic carbocycles. The molecule has 2 amide bonds. The molecule has 0 saturated carbocycles. The van der Waals surface area contributed by atoms with Gasteiger partial charge in [0.1, 0.15) is 11.8 Å².